The van der Waals surface area contributed by atoms with Crippen LogP contribution in [0, 0.1) is 0 Å². The molecule has 1 aromatic carbocycles. The average Bonchev–Trinajstić information content (AvgIpc) is 2.64. The molecule has 1 aliphatic rings. The number of benzene rings is 1. The maximum Gasteiger partial charge on any atom is 0.261 e. The monoisotopic (exact) mass is 309 g/mol. The number of alkyl halides is 1. The Balaban J connectivity index is 2.01. The molecule has 1 aromatic rings. The maximum absolute atomic E-state index is 12.0. The second-order valence-electron chi connectivity index (χ2n) is 4.46. The SMILES string of the molecule is CC[C@@H](Br)CCCN1C(=O)c2ccccc2C1=O. The van der Waals surface area contributed by atoms with Crippen molar-refractivity contribution in [3.63, 3.8) is 0 Å². The molecule has 0 bridgehead atoms. The van der Waals surface area contributed by atoms with Crippen LogP contribution in [0.4, 0.5) is 0 Å². The summed E-state index contributed by atoms with van der Waals surface area (Å²) < 4.78 is 0. The molecule has 18 heavy (non-hydrogen) atoms. The number of amides is 2. The lowest BCUT2D eigenvalue weighted by atomic mass is 10.1. The molecule has 0 aliphatic carbocycles. The van der Waals surface area contributed by atoms with Gasteiger partial charge in [-0.15, -0.1) is 0 Å². The fourth-order valence-corrected chi connectivity index (χ4v) is 2.44. The molecule has 0 fully saturated rings. The van der Waals surface area contributed by atoms with Crippen LogP contribution in [-0.4, -0.2) is 28.1 Å². The zero-order chi connectivity index (χ0) is 13.1. The van der Waals surface area contributed by atoms with Crippen molar-refractivity contribution in [2.24, 2.45) is 0 Å². The summed E-state index contributed by atoms with van der Waals surface area (Å²) in [5.74, 6) is -0.309. The van der Waals surface area contributed by atoms with Crippen molar-refractivity contribution >= 4 is 27.7 Å². The van der Waals surface area contributed by atoms with Gasteiger partial charge in [0.15, 0.2) is 0 Å². The number of rotatable bonds is 5. The highest BCUT2D eigenvalue weighted by atomic mass is 79.9. The number of carbonyl (C=O) groups is 2. The lowest BCUT2D eigenvalue weighted by molar-refractivity contribution is 0.0651. The van der Waals surface area contributed by atoms with Crippen molar-refractivity contribution in [3.8, 4) is 0 Å². The fourth-order valence-electron chi connectivity index (χ4n) is 2.12. The Morgan fingerprint density at radius 1 is 1.17 bits per heavy atom. The standard InChI is InChI=1S/C14H16BrNO2/c1-2-10(15)6-5-9-16-13(17)11-7-3-4-8-12(11)14(16)18/h3-4,7-8,10H,2,5-6,9H2,1H3/t10-/m1/s1. The van der Waals surface area contributed by atoms with Crippen molar-refractivity contribution in [1.82, 2.24) is 4.90 Å². The molecule has 2 amide bonds. The predicted octanol–water partition coefficient (Wildman–Crippen LogP) is 3.24. The highest BCUT2D eigenvalue weighted by molar-refractivity contribution is 9.09. The second-order valence-corrected chi connectivity index (χ2v) is 5.75. The third kappa shape index (κ3) is 2.48. The Morgan fingerprint density at radius 3 is 2.22 bits per heavy atom. The molecule has 1 heterocycles. The molecule has 1 aliphatic heterocycles. The van der Waals surface area contributed by atoms with Gasteiger partial charge in [0.2, 0.25) is 0 Å². The zero-order valence-corrected chi connectivity index (χ0v) is 11.9. The Morgan fingerprint density at radius 2 is 1.72 bits per heavy atom. The number of halogens is 1. The molecule has 0 aromatic heterocycles. The Kier molecular flexibility index (Phi) is 4.17. The smallest absolute Gasteiger partial charge is 0.261 e. The molecular formula is C14H16BrNO2. The van der Waals surface area contributed by atoms with E-state index in [0.717, 1.165) is 19.3 Å². The summed E-state index contributed by atoms with van der Waals surface area (Å²) in [6.45, 7) is 2.62. The summed E-state index contributed by atoms with van der Waals surface area (Å²) in [4.78, 5) is 25.9. The predicted molar refractivity (Wildman–Crippen MR) is 74.0 cm³/mol. The van der Waals surface area contributed by atoms with Gasteiger partial charge < -0.3 is 0 Å². The van der Waals surface area contributed by atoms with Crippen LogP contribution >= 0.6 is 15.9 Å². The van der Waals surface area contributed by atoms with Crippen LogP contribution in [0.5, 0.6) is 0 Å². The van der Waals surface area contributed by atoms with Gasteiger partial charge in [0.1, 0.15) is 0 Å². The molecular weight excluding hydrogens is 294 g/mol. The third-order valence-electron chi connectivity index (χ3n) is 3.22. The minimum absolute atomic E-state index is 0.154. The Hall–Kier alpha value is -1.16. The van der Waals surface area contributed by atoms with Gasteiger partial charge >= 0.3 is 0 Å². The average molecular weight is 310 g/mol. The van der Waals surface area contributed by atoms with E-state index in [1.54, 1.807) is 24.3 Å². The summed E-state index contributed by atoms with van der Waals surface area (Å²) in [7, 11) is 0. The lowest BCUT2D eigenvalue weighted by Gasteiger charge is -2.14. The molecule has 0 saturated heterocycles. The van der Waals surface area contributed by atoms with Crippen LogP contribution in [0.25, 0.3) is 0 Å². The van der Waals surface area contributed by atoms with Gasteiger partial charge in [-0.2, -0.15) is 0 Å². The first-order chi connectivity index (χ1) is 8.65. The number of hydrogen-bond acceptors (Lipinski definition) is 2. The molecule has 4 heteroatoms. The van der Waals surface area contributed by atoms with Gasteiger partial charge in [-0.25, -0.2) is 0 Å². The molecule has 0 N–H and O–H groups in total. The summed E-state index contributed by atoms with van der Waals surface area (Å²) >= 11 is 3.56. The van der Waals surface area contributed by atoms with E-state index in [4.69, 9.17) is 0 Å². The molecule has 96 valence electrons. The van der Waals surface area contributed by atoms with E-state index < -0.39 is 0 Å². The van der Waals surface area contributed by atoms with Gasteiger partial charge in [-0.05, 0) is 31.4 Å². The first-order valence-electron chi connectivity index (χ1n) is 6.24. The van der Waals surface area contributed by atoms with Crippen molar-refractivity contribution in [1.29, 1.82) is 0 Å². The van der Waals surface area contributed by atoms with Crippen LogP contribution in [0.2, 0.25) is 0 Å². The van der Waals surface area contributed by atoms with Gasteiger partial charge in [-0.3, -0.25) is 14.5 Å². The van der Waals surface area contributed by atoms with Crippen molar-refractivity contribution in [2.45, 2.75) is 31.0 Å². The summed E-state index contributed by atoms with van der Waals surface area (Å²) in [5.41, 5.74) is 1.07. The largest absolute Gasteiger partial charge is 0.274 e. The number of carbonyl (C=O) groups excluding carboxylic acids is 2. The van der Waals surface area contributed by atoms with E-state index in [0.29, 0.717) is 22.5 Å². The number of hydrogen-bond donors (Lipinski definition) is 0. The van der Waals surface area contributed by atoms with Crippen LogP contribution in [0.3, 0.4) is 0 Å². The number of imide groups is 1. The summed E-state index contributed by atoms with van der Waals surface area (Å²) in [6.07, 6.45) is 2.88. The van der Waals surface area contributed by atoms with Crippen molar-refractivity contribution in [3.05, 3.63) is 35.4 Å². The molecule has 2 rings (SSSR count). The zero-order valence-electron chi connectivity index (χ0n) is 10.4. The van der Waals surface area contributed by atoms with Crippen molar-refractivity contribution < 1.29 is 9.59 Å². The van der Waals surface area contributed by atoms with Crippen molar-refractivity contribution in [2.75, 3.05) is 6.54 Å². The lowest BCUT2D eigenvalue weighted by Crippen LogP contribution is -2.31. The van der Waals surface area contributed by atoms with Crippen LogP contribution in [-0.2, 0) is 0 Å². The molecule has 0 saturated carbocycles. The van der Waals surface area contributed by atoms with Gasteiger partial charge in [0.05, 0.1) is 11.1 Å². The van der Waals surface area contributed by atoms with E-state index in [9.17, 15) is 9.59 Å². The van der Waals surface area contributed by atoms with Gasteiger partial charge in [0, 0.05) is 11.4 Å². The first-order valence-corrected chi connectivity index (χ1v) is 7.16. The molecule has 0 spiro atoms. The summed E-state index contributed by atoms with van der Waals surface area (Å²) in [5, 5.41) is 0. The first kappa shape index (κ1) is 13.3. The van der Waals surface area contributed by atoms with Crippen LogP contribution in [0.1, 0.15) is 46.9 Å². The molecule has 3 nitrogen and oxygen atoms in total. The van der Waals surface area contributed by atoms with Crippen LogP contribution < -0.4 is 0 Å². The molecule has 1 atom stereocenters. The van der Waals surface area contributed by atoms with Gasteiger partial charge in [-0.1, -0.05) is 35.0 Å². The Bertz CT molecular complexity index is 438. The third-order valence-corrected chi connectivity index (χ3v) is 4.33. The quantitative estimate of drug-likeness (QED) is 0.618. The number of fused-ring (bicyclic) bond motifs is 1. The topological polar surface area (TPSA) is 37.4 Å². The van der Waals surface area contributed by atoms with E-state index in [1.807, 2.05) is 0 Å². The van der Waals surface area contributed by atoms with E-state index >= 15 is 0 Å². The highest BCUT2D eigenvalue weighted by Gasteiger charge is 2.34. The maximum atomic E-state index is 12.0. The van der Waals surface area contributed by atoms with E-state index in [-0.39, 0.29) is 11.8 Å². The minimum atomic E-state index is -0.154. The molecule has 0 radical (unpaired) electrons. The van der Waals surface area contributed by atoms with E-state index in [2.05, 4.69) is 22.9 Å². The fraction of sp³-hybridized carbons (Fsp3) is 0.429. The Labute approximate surface area is 115 Å². The van der Waals surface area contributed by atoms with Crippen LogP contribution in [0.15, 0.2) is 24.3 Å². The van der Waals surface area contributed by atoms with E-state index in [1.165, 1.54) is 4.90 Å². The normalized spacial score (nSPS) is 16.0. The minimum Gasteiger partial charge on any atom is -0.274 e. The second kappa shape index (κ2) is 5.65. The number of nitrogens with zero attached hydrogens (tertiary/aromatic N) is 1. The highest BCUT2D eigenvalue weighted by Crippen LogP contribution is 2.23. The molecule has 0 unspecified atom stereocenters. The summed E-state index contributed by atoms with van der Waals surface area (Å²) in [6, 6.07) is 7.02. The van der Waals surface area contributed by atoms with Gasteiger partial charge in [0.25, 0.3) is 11.8 Å².